The minimum Gasteiger partial charge on any atom is -0.297 e. The molecule has 0 amide bonds. The van der Waals surface area contributed by atoms with Crippen LogP contribution in [0.15, 0.2) is 54.9 Å². The number of rotatable bonds is 4. The number of aromatic nitrogens is 2. The van der Waals surface area contributed by atoms with Crippen molar-refractivity contribution in [3.8, 4) is 0 Å². The first-order valence-corrected chi connectivity index (χ1v) is 10.8. The molecule has 1 aliphatic heterocycles. The summed E-state index contributed by atoms with van der Waals surface area (Å²) in [7, 11) is 1.79. The first-order chi connectivity index (χ1) is 15.4. The fraction of sp³-hybridized carbons (Fsp3) is 0.320. The van der Waals surface area contributed by atoms with Gasteiger partial charge in [-0.15, -0.1) is 0 Å². The van der Waals surface area contributed by atoms with Crippen molar-refractivity contribution in [3.63, 3.8) is 0 Å². The van der Waals surface area contributed by atoms with Crippen molar-refractivity contribution in [1.29, 1.82) is 0 Å². The second kappa shape index (κ2) is 7.76. The standard InChI is InChI=1S/C25H25FN4O2/c1-17-7-8-20(26)13-18(17)15-29-9-11-30(12-10-29)25(19-14-27-28(2)16-19)23(31)21-5-3-4-6-22(21)24(25)32/h3-8,13-14,16H,9-12,15H2,1-2H3. The highest BCUT2D eigenvalue weighted by Gasteiger charge is 2.58. The third kappa shape index (κ3) is 3.12. The van der Waals surface area contributed by atoms with E-state index < -0.39 is 5.54 Å². The van der Waals surface area contributed by atoms with Gasteiger partial charge in [-0.3, -0.25) is 24.1 Å². The average Bonchev–Trinajstić information content (AvgIpc) is 3.32. The summed E-state index contributed by atoms with van der Waals surface area (Å²) < 4.78 is 15.3. The molecule has 1 saturated heterocycles. The van der Waals surface area contributed by atoms with E-state index in [2.05, 4.69) is 10.00 Å². The SMILES string of the molecule is Cc1ccc(F)cc1CN1CCN(C2(c3cnn(C)c3)C(=O)c3ccccc3C2=O)CC1. The molecular formula is C25H25FN4O2. The van der Waals surface area contributed by atoms with Gasteiger partial charge in [-0.1, -0.05) is 30.3 Å². The molecule has 3 aromatic rings. The number of halogens is 1. The highest BCUT2D eigenvalue weighted by atomic mass is 19.1. The van der Waals surface area contributed by atoms with Gasteiger partial charge < -0.3 is 0 Å². The van der Waals surface area contributed by atoms with E-state index >= 15 is 0 Å². The minimum absolute atomic E-state index is 0.180. The Kier molecular flexibility index (Phi) is 5.03. The molecule has 0 bridgehead atoms. The van der Waals surface area contributed by atoms with Gasteiger partial charge in [0.2, 0.25) is 0 Å². The number of fused-ring (bicyclic) bond motifs is 1. The molecule has 0 atom stereocenters. The molecule has 0 saturated carbocycles. The van der Waals surface area contributed by atoms with Gasteiger partial charge in [0.1, 0.15) is 5.82 Å². The van der Waals surface area contributed by atoms with E-state index in [1.54, 1.807) is 60.5 Å². The van der Waals surface area contributed by atoms with E-state index in [-0.39, 0.29) is 17.4 Å². The molecule has 32 heavy (non-hydrogen) atoms. The van der Waals surface area contributed by atoms with Crippen LogP contribution >= 0.6 is 0 Å². The molecule has 6 nitrogen and oxygen atoms in total. The number of carbonyl (C=O) groups is 2. The monoisotopic (exact) mass is 432 g/mol. The highest BCUT2D eigenvalue weighted by molar-refractivity contribution is 6.32. The lowest BCUT2D eigenvalue weighted by molar-refractivity contribution is 0.0278. The van der Waals surface area contributed by atoms with E-state index in [0.717, 1.165) is 11.1 Å². The Morgan fingerprint density at radius 3 is 2.25 bits per heavy atom. The maximum atomic E-state index is 13.7. The molecule has 0 spiro atoms. The number of aryl methyl sites for hydroxylation is 2. The maximum absolute atomic E-state index is 13.7. The molecule has 7 heteroatoms. The van der Waals surface area contributed by atoms with Crippen LogP contribution in [0.3, 0.4) is 0 Å². The summed E-state index contributed by atoms with van der Waals surface area (Å²) >= 11 is 0. The van der Waals surface area contributed by atoms with Crippen molar-refractivity contribution >= 4 is 11.6 Å². The van der Waals surface area contributed by atoms with Crippen molar-refractivity contribution in [3.05, 3.63) is 88.5 Å². The van der Waals surface area contributed by atoms with Crippen LogP contribution in [0.1, 0.15) is 37.4 Å². The highest BCUT2D eigenvalue weighted by Crippen LogP contribution is 2.42. The molecule has 2 aromatic carbocycles. The zero-order chi connectivity index (χ0) is 22.5. The number of carbonyl (C=O) groups excluding carboxylic acids is 2. The summed E-state index contributed by atoms with van der Waals surface area (Å²) in [6.07, 6.45) is 3.40. The maximum Gasteiger partial charge on any atom is 0.196 e. The Bertz CT molecular complexity index is 1180. The Morgan fingerprint density at radius 1 is 1.00 bits per heavy atom. The van der Waals surface area contributed by atoms with Gasteiger partial charge >= 0.3 is 0 Å². The van der Waals surface area contributed by atoms with Gasteiger partial charge in [-0.2, -0.15) is 5.10 Å². The third-order valence-electron chi connectivity index (χ3n) is 6.75. The zero-order valence-corrected chi connectivity index (χ0v) is 18.2. The lowest BCUT2D eigenvalue weighted by atomic mass is 9.84. The van der Waals surface area contributed by atoms with E-state index in [0.29, 0.717) is 49.4 Å². The summed E-state index contributed by atoms with van der Waals surface area (Å²) in [6.45, 7) is 5.07. The second-order valence-corrected chi connectivity index (χ2v) is 8.65. The van der Waals surface area contributed by atoms with Crippen LogP contribution in [0, 0.1) is 12.7 Å². The molecule has 2 heterocycles. The summed E-state index contributed by atoms with van der Waals surface area (Å²) in [5.74, 6) is -0.597. The van der Waals surface area contributed by atoms with Gasteiger partial charge in [0.15, 0.2) is 17.1 Å². The van der Waals surface area contributed by atoms with Crippen molar-refractivity contribution in [2.75, 3.05) is 26.2 Å². The number of piperazine rings is 1. The predicted molar refractivity (Wildman–Crippen MR) is 118 cm³/mol. The van der Waals surface area contributed by atoms with E-state index in [4.69, 9.17) is 0 Å². The lowest BCUT2D eigenvalue weighted by Gasteiger charge is -2.43. The van der Waals surface area contributed by atoms with E-state index in [9.17, 15) is 14.0 Å². The van der Waals surface area contributed by atoms with E-state index in [1.165, 1.54) is 6.07 Å². The Hall–Kier alpha value is -3.16. The van der Waals surface area contributed by atoms with Crippen molar-refractivity contribution in [2.24, 2.45) is 7.05 Å². The Morgan fingerprint density at radius 2 is 1.66 bits per heavy atom. The van der Waals surface area contributed by atoms with Crippen LogP contribution in [-0.4, -0.2) is 57.3 Å². The summed E-state index contributed by atoms with van der Waals surface area (Å²) in [5, 5.41) is 4.26. The van der Waals surface area contributed by atoms with Gasteiger partial charge in [-0.05, 0) is 30.2 Å². The first-order valence-electron chi connectivity index (χ1n) is 10.8. The number of benzene rings is 2. The fourth-order valence-corrected chi connectivity index (χ4v) is 5.00. The largest absolute Gasteiger partial charge is 0.297 e. The van der Waals surface area contributed by atoms with Gasteiger partial charge in [0.25, 0.3) is 0 Å². The number of nitrogens with zero attached hydrogens (tertiary/aromatic N) is 4. The van der Waals surface area contributed by atoms with Crippen LogP contribution < -0.4 is 0 Å². The molecule has 164 valence electrons. The molecule has 2 aliphatic rings. The molecule has 0 N–H and O–H groups in total. The predicted octanol–water partition coefficient (Wildman–Crippen LogP) is 2.96. The molecule has 1 aliphatic carbocycles. The lowest BCUT2D eigenvalue weighted by Crippen LogP contribution is -2.60. The summed E-state index contributed by atoms with van der Waals surface area (Å²) in [5.41, 5.74) is 2.19. The quantitative estimate of drug-likeness (QED) is 0.594. The molecule has 1 aromatic heterocycles. The van der Waals surface area contributed by atoms with Crippen LogP contribution in [0.25, 0.3) is 0 Å². The van der Waals surface area contributed by atoms with Crippen LogP contribution in [-0.2, 0) is 19.1 Å². The minimum atomic E-state index is -1.38. The topological polar surface area (TPSA) is 58.4 Å². The van der Waals surface area contributed by atoms with Gasteiger partial charge in [0, 0.05) is 62.7 Å². The first kappa shape index (κ1) is 20.7. The summed E-state index contributed by atoms with van der Waals surface area (Å²) in [6, 6.07) is 11.9. The molecule has 5 rings (SSSR count). The number of hydrogen-bond acceptors (Lipinski definition) is 5. The van der Waals surface area contributed by atoms with Crippen LogP contribution in [0.5, 0.6) is 0 Å². The number of Topliss-reactive ketones (excluding diaryl/α,β-unsaturated/α-hetero) is 2. The Balaban J connectivity index is 1.45. The molecular weight excluding hydrogens is 407 g/mol. The second-order valence-electron chi connectivity index (χ2n) is 8.65. The van der Waals surface area contributed by atoms with Crippen molar-refractivity contribution in [2.45, 2.75) is 19.0 Å². The van der Waals surface area contributed by atoms with Crippen LogP contribution in [0.2, 0.25) is 0 Å². The smallest absolute Gasteiger partial charge is 0.196 e. The third-order valence-corrected chi connectivity index (χ3v) is 6.75. The molecule has 0 radical (unpaired) electrons. The average molecular weight is 432 g/mol. The van der Waals surface area contributed by atoms with E-state index in [1.807, 2.05) is 11.8 Å². The summed E-state index contributed by atoms with van der Waals surface area (Å²) in [4.78, 5) is 31.7. The molecule has 1 fully saturated rings. The molecule has 0 unspecified atom stereocenters. The van der Waals surface area contributed by atoms with Gasteiger partial charge in [0.05, 0.1) is 6.20 Å². The van der Waals surface area contributed by atoms with Crippen molar-refractivity contribution in [1.82, 2.24) is 19.6 Å². The number of ketones is 2. The normalized spacial score (nSPS) is 18.8. The van der Waals surface area contributed by atoms with Crippen LogP contribution in [0.4, 0.5) is 4.39 Å². The number of hydrogen-bond donors (Lipinski definition) is 0. The zero-order valence-electron chi connectivity index (χ0n) is 18.2. The fourth-order valence-electron chi connectivity index (χ4n) is 5.00. The van der Waals surface area contributed by atoms with Gasteiger partial charge in [-0.25, -0.2) is 4.39 Å². The van der Waals surface area contributed by atoms with Crippen molar-refractivity contribution < 1.29 is 14.0 Å². The Labute approximate surface area is 186 Å².